The molecule has 1 aliphatic heterocycles. The van der Waals surface area contributed by atoms with Crippen LogP contribution in [0.3, 0.4) is 0 Å². The third-order valence-corrected chi connectivity index (χ3v) is 6.05. The van der Waals surface area contributed by atoms with E-state index >= 15 is 0 Å². The molecule has 0 aromatic carbocycles. The lowest BCUT2D eigenvalue weighted by Gasteiger charge is -2.24. The Labute approximate surface area is 180 Å². The zero-order valence-electron chi connectivity index (χ0n) is 18.4. The second-order valence-corrected chi connectivity index (χ2v) is 8.81. The number of amides is 1. The van der Waals surface area contributed by atoms with E-state index in [0.29, 0.717) is 12.1 Å². The first-order valence-corrected chi connectivity index (χ1v) is 10.9. The molecule has 0 radical (unpaired) electrons. The van der Waals surface area contributed by atoms with Crippen molar-refractivity contribution in [1.82, 2.24) is 34.3 Å². The van der Waals surface area contributed by atoms with E-state index in [1.54, 1.807) is 6.20 Å². The molecule has 31 heavy (non-hydrogen) atoms. The molecule has 4 aromatic rings. The standard InChI is InChI=1S/C23H27N7O/c1-14(2)18-12-16(17-13-24-30(15(3)4)21(17)25-18)23(31)28-11-7-8-19(28)22-27-26-20-9-5-6-10-29(20)22/h5-6,9-10,12-15,19H,7-8,11H2,1-4H3. The number of pyridine rings is 2. The van der Waals surface area contributed by atoms with Gasteiger partial charge in [0.05, 0.1) is 23.2 Å². The summed E-state index contributed by atoms with van der Waals surface area (Å²) in [5.74, 6) is 1.03. The fourth-order valence-electron chi connectivity index (χ4n) is 4.41. The number of nitrogens with zero attached hydrogens (tertiary/aromatic N) is 7. The molecule has 0 saturated carbocycles. The molecule has 5 heterocycles. The second kappa shape index (κ2) is 7.44. The monoisotopic (exact) mass is 417 g/mol. The lowest BCUT2D eigenvalue weighted by atomic mass is 10.0. The average Bonchev–Trinajstić information content (AvgIpc) is 3.49. The van der Waals surface area contributed by atoms with Gasteiger partial charge in [0.1, 0.15) is 0 Å². The number of likely N-dealkylation sites (tertiary alicyclic amines) is 1. The van der Waals surface area contributed by atoms with Crippen LogP contribution in [-0.2, 0) is 0 Å². The largest absolute Gasteiger partial charge is 0.328 e. The van der Waals surface area contributed by atoms with Gasteiger partial charge in [-0.25, -0.2) is 9.67 Å². The number of rotatable bonds is 4. The van der Waals surface area contributed by atoms with Crippen molar-refractivity contribution in [3.8, 4) is 0 Å². The Kier molecular flexibility index (Phi) is 4.72. The summed E-state index contributed by atoms with van der Waals surface area (Å²) in [5, 5.41) is 14.1. The van der Waals surface area contributed by atoms with Crippen molar-refractivity contribution in [2.75, 3.05) is 6.54 Å². The molecule has 1 amide bonds. The summed E-state index contributed by atoms with van der Waals surface area (Å²) in [6.45, 7) is 9.04. The third-order valence-electron chi connectivity index (χ3n) is 6.05. The summed E-state index contributed by atoms with van der Waals surface area (Å²) in [6.07, 6.45) is 5.55. The number of carbonyl (C=O) groups is 1. The predicted molar refractivity (Wildman–Crippen MR) is 118 cm³/mol. The topological polar surface area (TPSA) is 81.2 Å². The summed E-state index contributed by atoms with van der Waals surface area (Å²) in [4.78, 5) is 20.6. The Hall–Kier alpha value is -3.29. The van der Waals surface area contributed by atoms with Gasteiger partial charge in [0, 0.05) is 24.5 Å². The molecule has 1 aliphatic rings. The van der Waals surface area contributed by atoms with Crippen molar-refractivity contribution < 1.29 is 4.79 Å². The lowest BCUT2D eigenvalue weighted by Crippen LogP contribution is -2.32. The van der Waals surface area contributed by atoms with Crippen LogP contribution in [0.1, 0.15) is 80.4 Å². The van der Waals surface area contributed by atoms with Crippen LogP contribution in [0.15, 0.2) is 36.7 Å². The quantitative estimate of drug-likeness (QED) is 0.498. The first kappa shape index (κ1) is 19.7. The van der Waals surface area contributed by atoms with Gasteiger partial charge < -0.3 is 4.90 Å². The molecule has 8 nitrogen and oxygen atoms in total. The van der Waals surface area contributed by atoms with Gasteiger partial charge in [-0.15, -0.1) is 10.2 Å². The van der Waals surface area contributed by atoms with Crippen LogP contribution < -0.4 is 0 Å². The highest BCUT2D eigenvalue weighted by Gasteiger charge is 2.35. The average molecular weight is 418 g/mol. The molecular weight excluding hydrogens is 390 g/mol. The Balaban J connectivity index is 1.60. The highest BCUT2D eigenvalue weighted by atomic mass is 16.2. The number of hydrogen-bond donors (Lipinski definition) is 0. The molecule has 1 fully saturated rings. The maximum Gasteiger partial charge on any atom is 0.255 e. The number of hydrogen-bond acceptors (Lipinski definition) is 5. The molecule has 4 aromatic heterocycles. The van der Waals surface area contributed by atoms with E-state index in [1.165, 1.54) is 0 Å². The van der Waals surface area contributed by atoms with Crippen molar-refractivity contribution in [2.45, 2.75) is 58.5 Å². The molecule has 0 bridgehead atoms. The van der Waals surface area contributed by atoms with Crippen LogP contribution in [0.25, 0.3) is 16.7 Å². The maximum atomic E-state index is 13.9. The normalized spacial score (nSPS) is 17.0. The minimum absolute atomic E-state index is 0.00721. The smallest absolute Gasteiger partial charge is 0.255 e. The molecule has 5 rings (SSSR count). The van der Waals surface area contributed by atoms with Crippen molar-refractivity contribution in [1.29, 1.82) is 0 Å². The molecular formula is C23H27N7O. The Morgan fingerprint density at radius 2 is 2.00 bits per heavy atom. The van der Waals surface area contributed by atoms with Crippen molar-refractivity contribution in [3.05, 3.63) is 53.7 Å². The van der Waals surface area contributed by atoms with E-state index in [4.69, 9.17) is 4.98 Å². The van der Waals surface area contributed by atoms with Gasteiger partial charge in [-0.3, -0.25) is 9.20 Å². The van der Waals surface area contributed by atoms with Crippen molar-refractivity contribution >= 4 is 22.6 Å². The van der Waals surface area contributed by atoms with Gasteiger partial charge >= 0.3 is 0 Å². The van der Waals surface area contributed by atoms with Crippen LogP contribution in [-0.4, -0.2) is 46.7 Å². The van der Waals surface area contributed by atoms with E-state index in [2.05, 4.69) is 43.0 Å². The zero-order chi connectivity index (χ0) is 21.7. The Bertz CT molecular complexity index is 1270. The van der Waals surface area contributed by atoms with Crippen LogP contribution in [0.2, 0.25) is 0 Å². The minimum atomic E-state index is -0.101. The molecule has 1 saturated heterocycles. The van der Waals surface area contributed by atoms with Crippen molar-refractivity contribution in [3.63, 3.8) is 0 Å². The van der Waals surface area contributed by atoms with Crippen LogP contribution in [0, 0.1) is 0 Å². The summed E-state index contributed by atoms with van der Waals surface area (Å²) >= 11 is 0. The van der Waals surface area contributed by atoms with E-state index in [-0.39, 0.29) is 23.9 Å². The third kappa shape index (κ3) is 3.17. The number of aromatic nitrogens is 6. The van der Waals surface area contributed by atoms with Crippen molar-refractivity contribution in [2.24, 2.45) is 0 Å². The predicted octanol–water partition coefficient (Wildman–Crippen LogP) is 4.16. The van der Waals surface area contributed by atoms with Crippen LogP contribution in [0.4, 0.5) is 0 Å². The number of carbonyl (C=O) groups excluding carboxylic acids is 1. The first-order valence-electron chi connectivity index (χ1n) is 10.9. The molecule has 0 aliphatic carbocycles. The zero-order valence-corrected chi connectivity index (χ0v) is 18.4. The summed E-state index contributed by atoms with van der Waals surface area (Å²) < 4.78 is 3.88. The molecule has 8 heteroatoms. The molecule has 0 N–H and O–H groups in total. The van der Waals surface area contributed by atoms with E-state index < -0.39 is 0 Å². The number of fused-ring (bicyclic) bond motifs is 2. The van der Waals surface area contributed by atoms with Gasteiger partial charge in [0.15, 0.2) is 17.1 Å². The maximum absolute atomic E-state index is 13.9. The highest BCUT2D eigenvalue weighted by molar-refractivity contribution is 6.05. The molecule has 1 unspecified atom stereocenters. The van der Waals surface area contributed by atoms with Gasteiger partial charge in [0.2, 0.25) is 0 Å². The molecule has 1 atom stereocenters. The highest BCUT2D eigenvalue weighted by Crippen LogP contribution is 2.34. The fourth-order valence-corrected chi connectivity index (χ4v) is 4.41. The fraction of sp³-hybridized carbons (Fsp3) is 0.435. The SMILES string of the molecule is CC(C)c1cc(C(=O)N2CCCC2c2nnc3ccccn23)c2cnn(C(C)C)c2n1. The minimum Gasteiger partial charge on any atom is -0.328 e. The summed E-state index contributed by atoms with van der Waals surface area (Å²) in [7, 11) is 0. The summed E-state index contributed by atoms with van der Waals surface area (Å²) in [5.41, 5.74) is 3.14. The van der Waals surface area contributed by atoms with Gasteiger partial charge in [-0.2, -0.15) is 5.10 Å². The van der Waals surface area contributed by atoms with Crippen LogP contribution in [0.5, 0.6) is 0 Å². The first-order chi connectivity index (χ1) is 15.0. The second-order valence-electron chi connectivity index (χ2n) is 8.81. The van der Waals surface area contributed by atoms with Gasteiger partial charge in [-0.1, -0.05) is 19.9 Å². The molecule has 160 valence electrons. The van der Waals surface area contributed by atoms with Crippen LogP contribution >= 0.6 is 0 Å². The lowest BCUT2D eigenvalue weighted by molar-refractivity contribution is 0.0731. The van der Waals surface area contributed by atoms with E-state index in [1.807, 2.05) is 44.4 Å². The Morgan fingerprint density at radius 1 is 1.16 bits per heavy atom. The van der Waals surface area contributed by atoms with E-state index in [9.17, 15) is 4.79 Å². The van der Waals surface area contributed by atoms with E-state index in [0.717, 1.165) is 41.0 Å². The van der Waals surface area contributed by atoms with Gasteiger partial charge in [0.25, 0.3) is 5.91 Å². The Morgan fingerprint density at radius 3 is 2.77 bits per heavy atom. The molecule has 0 spiro atoms. The summed E-state index contributed by atoms with van der Waals surface area (Å²) in [6, 6.07) is 7.84. The van der Waals surface area contributed by atoms with Gasteiger partial charge in [-0.05, 0) is 50.8 Å².